The monoisotopic (exact) mass is 452 g/mol. The summed E-state index contributed by atoms with van der Waals surface area (Å²) in [6, 6.07) is 14.6. The number of pyridine rings is 1. The van der Waals surface area contributed by atoms with E-state index in [0.717, 1.165) is 17.3 Å². The van der Waals surface area contributed by atoms with Gasteiger partial charge in [-0.15, -0.1) is 11.8 Å². The highest BCUT2D eigenvalue weighted by Crippen LogP contribution is 2.31. The van der Waals surface area contributed by atoms with Gasteiger partial charge in [0.1, 0.15) is 5.75 Å². The lowest BCUT2D eigenvalue weighted by atomic mass is 10.2. The molecule has 0 bridgehead atoms. The maximum absolute atomic E-state index is 12.6. The molecule has 0 spiro atoms. The Labute approximate surface area is 188 Å². The highest BCUT2D eigenvalue weighted by atomic mass is 32.2. The molecule has 1 aromatic heterocycles. The minimum atomic E-state index is -0.574. The Bertz CT molecular complexity index is 1120. The number of hydrogen-bond acceptors (Lipinski definition) is 7. The number of aromatic nitrogens is 1. The van der Waals surface area contributed by atoms with E-state index in [-0.39, 0.29) is 22.9 Å². The molecule has 0 aliphatic rings. The molecule has 0 fully saturated rings. The molecule has 9 nitrogen and oxygen atoms in total. The van der Waals surface area contributed by atoms with Crippen molar-refractivity contribution in [3.05, 3.63) is 88.2 Å². The molecule has 2 aromatic carbocycles. The number of nitro groups is 1. The molecule has 0 atom stereocenters. The summed E-state index contributed by atoms with van der Waals surface area (Å²) in [4.78, 5) is 39.9. The summed E-state index contributed by atoms with van der Waals surface area (Å²) in [6.45, 7) is 0.317. The lowest BCUT2D eigenvalue weighted by Gasteiger charge is -2.10. The molecule has 10 heteroatoms. The van der Waals surface area contributed by atoms with E-state index in [1.54, 1.807) is 42.7 Å². The minimum absolute atomic E-state index is 0.00609. The molecular formula is C22H20N4O5S. The van der Waals surface area contributed by atoms with Gasteiger partial charge in [-0.2, -0.15) is 0 Å². The van der Waals surface area contributed by atoms with Crippen LogP contribution in [0.25, 0.3) is 0 Å². The number of anilines is 1. The minimum Gasteiger partial charge on any atom is -0.495 e. The van der Waals surface area contributed by atoms with Gasteiger partial charge in [0.2, 0.25) is 5.91 Å². The Morgan fingerprint density at radius 2 is 1.97 bits per heavy atom. The summed E-state index contributed by atoms with van der Waals surface area (Å²) in [6.07, 6.45) is 3.29. The SMILES string of the molecule is COc1ccccc1NC(=O)c1ccc(SCC(=O)NCc2cccnc2)c([N+](=O)[O-])c1. The number of amides is 2. The van der Waals surface area contributed by atoms with Crippen LogP contribution in [-0.4, -0.2) is 34.6 Å². The number of carbonyl (C=O) groups is 2. The van der Waals surface area contributed by atoms with Gasteiger partial charge >= 0.3 is 0 Å². The van der Waals surface area contributed by atoms with E-state index in [1.807, 2.05) is 6.07 Å². The van der Waals surface area contributed by atoms with Crippen LogP contribution < -0.4 is 15.4 Å². The number of benzene rings is 2. The van der Waals surface area contributed by atoms with Crippen LogP contribution in [0.3, 0.4) is 0 Å². The molecule has 2 N–H and O–H groups in total. The zero-order valence-electron chi connectivity index (χ0n) is 17.1. The first-order chi connectivity index (χ1) is 15.5. The van der Waals surface area contributed by atoms with Gasteiger partial charge in [0.05, 0.1) is 28.4 Å². The van der Waals surface area contributed by atoms with E-state index in [4.69, 9.17) is 4.74 Å². The van der Waals surface area contributed by atoms with Crippen LogP contribution in [0.2, 0.25) is 0 Å². The lowest BCUT2D eigenvalue weighted by Crippen LogP contribution is -2.24. The van der Waals surface area contributed by atoms with Crippen molar-refractivity contribution >= 4 is 35.0 Å². The molecule has 1 heterocycles. The second-order valence-electron chi connectivity index (χ2n) is 6.52. The smallest absolute Gasteiger partial charge is 0.283 e. The van der Waals surface area contributed by atoms with Crippen molar-refractivity contribution in [2.45, 2.75) is 11.4 Å². The van der Waals surface area contributed by atoms with Gasteiger partial charge in [0.25, 0.3) is 11.6 Å². The summed E-state index contributed by atoms with van der Waals surface area (Å²) < 4.78 is 5.20. The average Bonchev–Trinajstić information content (AvgIpc) is 2.82. The van der Waals surface area contributed by atoms with Crippen molar-refractivity contribution in [3.8, 4) is 5.75 Å². The Hall–Kier alpha value is -3.92. The summed E-state index contributed by atoms with van der Waals surface area (Å²) in [5.41, 5.74) is 1.17. The van der Waals surface area contributed by atoms with E-state index in [0.29, 0.717) is 22.9 Å². The van der Waals surface area contributed by atoms with Gasteiger partial charge in [0.15, 0.2) is 0 Å². The maximum atomic E-state index is 12.6. The number of ether oxygens (including phenoxy) is 1. The van der Waals surface area contributed by atoms with Crippen molar-refractivity contribution in [2.75, 3.05) is 18.2 Å². The van der Waals surface area contributed by atoms with Crippen molar-refractivity contribution in [3.63, 3.8) is 0 Å². The van der Waals surface area contributed by atoms with Crippen LogP contribution in [0.15, 0.2) is 71.9 Å². The number of nitro benzene ring substituents is 1. The van der Waals surface area contributed by atoms with Gasteiger partial charge in [0, 0.05) is 30.6 Å². The fourth-order valence-corrected chi connectivity index (χ4v) is 3.60. The molecule has 32 heavy (non-hydrogen) atoms. The first kappa shape index (κ1) is 22.8. The van der Waals surface area contributed by atoms with Crippen LogP contribution in [0.5, 0.6) is 5.75 Å². The summed E-state index contributed by atoms with van der Waals surface area (Å²) in [5, 5.41) is 17.0. The Balaban J connectivity index is 1.65. The molecule has 3 rings (SSSR count). The van der Waals surface area contributed by atoms with E-state index in [9.17, 15) is 19.7 Å². The molecule has 0 aliphatic heterocycles. The molecule has 0 saturated heterocycles. The van der Waals surface area contributed by atoms with E-state index in [1.165, 1.54) is 25.3 Å². The van der Waals surface area contributed by atoms with Gasteiger partial charge in [-0.3, -0.25) is 24.7 Å². The topological polar surface area (TPSA) is 123 Å². The number of rotatable bonds is 9. The summed E-state index contributed by atoms with van der Waals surface area (Å²) >= 11 is 1.03. The van der Waals surface area contributed by atoms with Crippen molar-refractivity contribution in [1.82, 2.24) is 10.3 Å². The Morgan fingerprint density at radius 3 is 2.69 bits per heavy atom. The molecule has 3 aromatic rings. The number of para-hydroxylation sites is 2. The normalized spacial score (nSPS) is 10.3. The van der Waals surface area contributed by atoms with Crippen LogP contribution in [0.1, 0.15) is 15.9 Å². The summed E-state index contributed by atoms with van der Waals surface area (Å²) in [5.74, 6) is -0.317. The number of carbonyl (C=O) groups excluding carboxylic acids is 2. The van der Waals surface area contributed by atoms with E-state index < -0.39 is 10.8 Å². The zero-order valence-corrected chi connectivity index (χ0v) is 17.9. The zero-order chi connectivity index (χ0) is 22.9. The number of nitrogens with zero attached hydrogens (tertiary/aromatic N) is 2. The highest BCUT2D eigenvalue weighted by molar-refractivity contribution is 8.00. The third-order valence-electron chi connectivity index (χ3n) is 4.34. The molecule has 2 amide bonds. The lowest BCUT2D eigenvalue weighted by molar-refractivity contribution is -0.387. The first-order valence-electron chi connectivity index (χ1n) is 9.49. The first-order valence-corrected chi connectivity index (χ1v) is 10.5. The van der Waals surface area contributed by atoms with E-state index in [2.05, 4.69) is 15.6 Å². The third kappa shape index (κ3) is 6.05. The standard InChI is InChI=1S/C22H20N4O5S/c1-31-19-7-3-2-6-17(19)25-22(28)16-8-9-20(18(11-16)26(29)30)32-14-21(27)24-13-15-5-4-10-23-12-15/h2-12H,13-14H2,1H3,(H,24,27)(H,25,28). The molecular weight excluding hydrogens is 432 g/mol. The molecule has 0 aliphatic carbocycles. The fraction of sp³-hybridized carbons (Fsp3) is 0.136. The van der Waals surface area contributed by atoms with Crippen LogP contribution >= 0.6 is 11.8 Å². The van der Waals surface area contributed by atoms with Crippen LogP contribution in [0, 0.1) is 10.1 Å². The van der Waals surface area contributed by atoms with Gasteiger partial charge in [-0.05, 0) is 35.9 Å². The van der Waals surface area contributed by atoms with E-state index >= 15 is 0 Å². The molecule has 0 unspecified atom stereocenters. The van der Waals surface area contributed by atoms with Gasteiger partial charge < -0.3 is 15.4 Å². The number of thioether (sulfide) groups is 1. The third-order valence-corrected chi connectivity index (χ3v) is 5.41. The maximum Gasteiger partial charge on any atom is 0.283 e. The van der Waals surface area contributed by atoms with Gasteiger partial charge in [-0.25, -0.2) is 0 Å². The number of hydrogen-bond donors (Lipinski definition) is 2. The van der Waals surface area contributed by atoms with Crippen molar-refractivity contribution in [1.29, 1.82) is 0 Å². The Kier molecular flexibility index (Phi) is 7.76. The second kappa shape index (κ2) is 10.9. The largest absolute Gasteiger partial charge is 0.495 e. The number of nitrogens with one attached hydrogen (secondary N) is 2. The molecule has 164 valence electrons. The molecule has 0 radical (unpaired) electrons. The summed E-state index contributed by atoms with van der Waals surface area (Å²) in [7, 11) is 1.48. The predicted molar refractivity (Wildman–Crippen MR) is 121 cm³/mol. The van der Waals surface area contributed by atoms with Crippen LogP contribution in [0.4, 0.5) is 11.4 Å². The highest BCUT2D eigenvalue weighted by Gasteiger charge is 2.19. The van der Waals surface area contributed by atoms with Gasteiger partial charge in [-0.1, -0.05) is 18.2 Å². The number of methoxy groups -OCH3 is 1. The average molecular weight is 452 g/mol. The second-order valence-corrected chi connectivity index (χ2v) is 7.54. The fourth-order valence-electron chi connectivity index (χ4n) is 2.76. The predicted octanol–water partition coefficient (Wildman–Crippen LogP) is 3.66. The molecule has 0 saturated carbocycles. The quantitative estimate of drug-likeness (QED) is 0.288. The van der Waals surface area contributed by atoms with Crippen LogP contribution in [-0.2, 0) is 11.3 Å². The van der Waals surface area contributed by atoms with Crippen molar-refractivity contribution < 1.29 is 19.2 Å². The Morgan fingerprint density at radius 1 is 1.16 bits per heavy atom. The van der Waals surface area contributed by atoms with Crippen molar-refractivity contribution in [2.24, 2.45) is 0 Å².